The minimum Gasteiger partial charge on any atom is -0.477 e. The number of aromatic nitrogens is 1. The Morgan fingerprint density at radius 1 is 1.02 bits per heavy atom. The largest absolute Gasteiger partial charge is 0.477 e. The molecular formula is C33H29ClN4O5S. The number of carboxylic acids is 1. The van der Waals surface area contributed by atoms with Crippen LogP contribution >= 0.6 is 22.9 Å². The normalized spacial score (nSPS) is 16.8. The second kappa shape index (κ2) is 11.4. The molecule has 2 N–H and O–H groups in total. The van der Waals surface area contributed by atoms with Crippen molar-refractivity contribution in [1.82, 2.24) is 4.98 Å². The number of aromatic carboxylic acids is 1. The van der Waals surface area contributed by atoms with Crippen molar-refractivity contribution in [2.45, 2.75) is 19.3 Å². The van der Waals surface area contributed by atoms with Crippen LogP contribution in [0.15, 0.2) is 66.9 Å². The Kier molecular flexibility index (Phi) is 7.36. The van der Waals surface area contributed by atoms with Gasteiger partial charge in [-0.3, -0.25) is 9.59 Å². The lowest BCUT2D eigenvalue weighted by Crippen LogP contribution is -2.59. The highest BCUT2D eigenvalue weighted by Gasteiger charge is 2.45. The van der Waals surface area contributed by atoms with Gasteiger partial charge in [0.15, 0.2) is 0 Å². The molecule has 1 spiro atoms. The third-order valence-corrected chi connectivity index (χ3v) is 10.1. The van der Waals surface area contributed by atoms with Gasteiger partial charge in [-0.1, -0.05) is 11.6 Å². The van der Waals surface area contributed by atoms with Gasteiger partial charge in [-0.25, -0.2) is 9.78 Å². The minimum atomic E-state index is -0.970. The van der Waals surface area contributed by atoms with Crippen molar-refractivity contribution in [3.63, 3.8) is 0 Å². The van der Waals surface area contributed by atoms with Gasteiger partial charge in [0.2, 0.25) is 0 Å². The lowest BCUT2D eigenvalue weighted by atomic mass is 9.73. The summed E-state index contributed by atoms with van der Waals surface area (Å²) >= 11 is 7.55. The fourth-order valence-corrected chi connectivity index (χ4v) is 7.59. The molecule has 0 radical (unpaired) electrons. The standard InChI is InChI=1S/C33H29ClN4O5S/c34-22-5-8-24-26(17-22)38(13-9-21-16-27(32(41)42)44-28(21)24)31(40)20-3-6-23(7-4-20)36-30(39)25-2-1-12-35-29(25)37-18-33(19-37)10-14-43-15-11-33/h1-8,12,16-17H,9-11,13-15,18-19H2,(H,36,39)(H,41,42). The van der Waals surface area contributed by atoms with E-state index in [1.165, 1.54) is 11.3 Å². The topological polar surface area (TPSA) is 112 Å². The number of anilines is 3. The first kappa shape index (κ1) is 28.5. The zero-order chi connectivity index (χ0) is 30.4. The summed E-state index contributed by atoms with van der Waals surface area (Å²) in [7, 11) is 0. The summed E-state index contributed by atoms with van der Waals surface area (Å²) in [6.45, 7) is 3.65. The minimum absolute atomic E-state index is 0.214. The van der Waals surface area contributed by atoms with Crippen molar-refractivity contribution in [2.75, 3.05) is 48.0 Å². The van der Waals surface area contributed by atoms with E-state index in [-0.39, 0.29) is 22.1 Å². The van der Waals surface area contributed by atoms with Crippen LogP contribution in [0, 0.1) is 5.41 Å². The van der Waals surface area contributed by atoms with Gasteiger partial charge in [-0.15, -0.1) is 11.3 Å². The third kappa shape index (κ3) is 5.23. The van der Waals surface area contributed by atoms with Crippen LogP contribution in [0.1, 0.15) is 48.8 Å². The molecule has 44 heavy (non-hydrogen) atoms. The number of thiophene rings is 1. The van der Waals surface area contributed by atoms with E-state index >= 15 is 0 Å². The van der Waals surface area contributed by atoms with Crippen LogP contribution in [-0.4, -0.2) is 60.7 Å². The number of hydrogen-bond acceptors (Lipinski definition) is 7. The quantitative estimate of drug-likeness (QED) is 0.269. The van der Waals surface area contributed by atoms with E-state index in [2.05, 4.69) is 15.2 Å². The van der Waals surface area contributed by atoms with Gasteiger partial charge in [0.05, 0.1) is 11.3 Å². The molecule has 7 rings (SSSR count). The van der Waals surface area contributed by atoms with Gasteiger partial charge < -0.3 is 25.0 Å². The number of ether oxygens (including phenoxy) is 1. The smallest absolute Gasteiger partial charge is 0.345 e. The number of rotatable bonds is 5. The molecule has 2 fully saturated rings. The summed E-state index contributed by atoms with van der Waals surface area (Å²) in [5, 5.41) is 13.0. The molecule has 0 aliphatic carbocycles. The Bertz CT molecular complexity index is 1780. The molecule has 0 atom stereocenters. The molecule has 3 aliphatic rings. The van der Waals surface area contributed by atoms with Crippen LogP contribution in [-0.2, 0) is 11.2 Å². The Balaban J connectivity index is 1.08. The van der Waals surface area contributed by atoms with Crippen molar-refractivity contribution in [2.24, 2.45) is 5.41 Å². The number of fused-ring (bicyclic) bond motifs is 3. The van der Waals surface area contributed by atoms with Gasteiger partial charge in [0.1, 0.15) is 10.7 Å². The van der Waals surface area contributed by atoms with E-state index in [4.69, 9.17) is 16.3 Å². The molecule has 2 amide bonds. The summed E-state index contributed by atoms with van der Waals surface area (Å²) in [6, 6.07) is 17.4. The highest BCUT2D eigenvalue weighted by Crippen LogP contribution is 2.44. The first-order chi connectivity index (χ1) is 21.3. The van der Waals surface area contributed by atoms with E-state index in [9.17, 15) is 19.5 Å². The number of hydrogen-bond donors (Lipinski definition) is 2. The first-order valence-corrected chi connectivity index (χ1v) is 15.7. The van der Waals surface area contributed by atoms with Crippen molar-refractivity contribution < 1.29 is 24.2 Å². The predicted molar refractivity (Wildman–Crippen MR) is 170 cm³/mol. The van der Waals surface area contributed by atoms with Crippen molar-refractivity contribution in [3.8, 4) is 10.4 Å². The maximum absolute atomic E-state index is 13.8. The molecule has 3 aliphatic heterocycles. The number of benzene rings is 2. The van der Waals surface area contributed by atoms with Crippen molar-refractivity contribution in [1.29, 1.82) is 0 Å². The third-order valence-electron chi connectivity index (χ3n) is 8.69. The number of halogens is 1. The number of carbonyl (C=O) groups is 3. The molecule has 0 bridgehead atoms. The number of carbonyl (C=O) groups excluding carboxylic acids is 2. The maximum Gasteiger partial charge on any atom is 0.345 e. The first-order valence-electron chi connectivity index (χ1n) is 14.5. The second-order valence-electron chi connectivity index (χ2n) is 11.5. The zero-order valence-corrected chi connectivity index (χ0v) is 25.3. The molecule has 2 saturated heterocycles. The molecule has 224 valence electrons. The molecule has 9 nitrogen and oxygen atoms in total. The highest BCUT2D eigenvalue weighted by atomic mass is 35.5. The summed E-state index contributed by atoms with van der Waals surface area (Å²) in [6.07, 6.45) is 4.27. The van der Waals surface area contributed by atoms with Crippen molar-refractivity contribution in [3.05, 3.63) is 93.5 Å². The lowest BCUT2D eigenvalue weighted by molar-refractivity contribution is -0.000511. The SMILES string of the molecule is O=C(O)c1cc2c(s1)-c1ccc(Cl)cc1N(C(=O)c1ccc(NC(=O)c3cccnc3N3CC4(CCOCC4)C3)cc1)CC2. The van der Waals surface area contributed by atoms with E-state index in [1.54, 1.807) is 65.7 Å². The van der Waals surface area contributed by atoms with Gasteiger partial charge in [0, 0.05) is 71.2 Å². The number of carboxylic acid groups (broad SMARTS) is 1. The van der Waals surface area contributed by atoms with E-state index in [0.29, 0.717) is 46.3 Å². The summed E-state index contributed by atoms with van der Waals surface area (Å²) in [5.74, 6) is -0.767. The Hall–Kier alpha value is -4.25. The average molecular weight is 629 g/mol. The Morgan fingerprint density at radius 2 is 1.80 bits per heavy atom. The summed E-state index contributed by atoms with van der Waals surface area (Å²) < 4.78 is 5.53. The average Bonchev–Trinajstić information content (AvgIpc) is 3.39. The molecule has 2 aromatic carbocycles. The predicted octanol–water partition coefficient (Wildman–Crippen LogP) is 6.23. The second-order valence-corrected chi connectivity index (χ2v) is 13.0. The van der Waals surface area contributed by atoms with Crippen LogP contribution < -0.4 is 15.1 Å². The molecule has 0 saturated carbocycles. The monoisotopic (exact) mass is 628 g/mol. The van der Waals surface area contributed by atoms with Gasteiger partial charge in [0.25, 0.3) is 11.8 Å². The fraction of sp³-hybridized carbons (Fsp3) is 0.273. The number of pyridine rings is 1. The Labute approximate surface area is 263 Å². The van der Waals surface area contributed by atoms with Crippen LogP contribution in [0.2, 0.25) is 5.02 Å². The van der Waals surface area contributed by atoms with Crippen molar-refractivity contribution >= 4 is 57.9 Å². The number of amides is 2. The van der Waals surface area contributed by atoms with Crippen LogP contribution in [0.4, 0.5) is 17.2 Å². The Morgan fingerprint density at radius 3 is 2.55 bits per heavy atom. The molecule has 4 aromatic rings. The van der Waals surface area contributed by atoms with Gasteiger partial charge in [-0.05, 0) is 85.5 Å². The highest BCUT2D eigenvalue weighted by molar-refractivity contribution is 7.17. The maximum atomic E-state index is 13.8. The van der Waals surface area contributed by atoms with E-state index < -0.39 is 5.97 Å². The molecular weight excluding hydrogens is 600 g/mol. The van der Waals surface area contributed by atoms with Crippen LogP contribution in [0.25, 0.3) is 10.4 Å². The molecule has 2 aromatic heterocycles. The number of nitrogens with zero attached hydrogens (tertiary/aromatic N) is 3. The fourth-order valence-electron chi connectivity index (χ4n) is 6.34. The lowest BCUT2D eigenvalue weighted by Gasteiger charge is -2.53. The molecule has 5 heterocycles. The number of nitrogens with one attached hydrogen (secondary N) is 1. The van der Waals surface area contributed by atoms with E-state index in [1.807, 2.05) is 6.07 Å². The zero-order valence-electron chi connectivity index (χ0n) is 23.7. The van der Waals surface area contributed by atoms with Crippen LogP contribution in [0.5, 0.6) is 0 Å². The van der Waals surface area contributed by atoms with E-state index in [0.717, 1.165) is 55.1 Å². The molecule has 0 unspecified atom stereocenters. The molecule has 11 heteroatoms. The van der Waals surface area contributed by atoms with Crippen LogP contribution in [0.3, 0.4) is 0 Å². The summed E-state index contributed by atoms with van der Waals surface area (Å²) in [5.41, 5.74) is 4.07. The summed E-state index contributed by atoms with van der Waals surface area (Å²) in [4.78, 5) is 48.2. The van der Waals surface area contributed by atoms with Gasteiger partial charge >= 0.3 is 5.97 Å². The van der Waals surface area contributed by atoms with Gasteiger partial charge in [-0.2, -0.15) is 0 Å².